The third-order valence-electron chi connectivity index (χ3n) is 7.38. The molecule has 4 rings (SSSR count). The monoisotopic (exact) mass is 354 g/mol. The Morgan fingerprint density at radius 2 is 2.08 bits per heavy atom. The Balaban J connectivity index is 1.43. The molecule has 25 heavy (non-hydrogen) atoms. The van der Waals surface area contributed by atoms with E-state index in [0.717, 1.165) is 26.0 Å². The Labute approximate surface area is 149 Å². The molecule has 2 heterocycles. The molecule has 0 bridgehead atoms. The van der Waals surface area contributed by atoms with Gasteiger partial charge in [-0.1, -0.05) is 6.92 Å². The van der Waals surface area contributed by atoms with Crippen LogP contribution in [-0.2, 0) is 23.7 Å². The normalized spacial score (nSPS) is 45.4. The topological polar surface area (TPSA) is 73.9 Å². The van der Waals surface area contributed by atoms with Crippen molar-refractivity contribution in [2.45, 2.75) is 57.0 Å². The zero-order valence-corrected chi connectivity index (χ0v) is 15.7. The fourth-order valence-electron chi connectivity index (χ4n) is 5.93. The van der Waals surface area contributed by atoms with Gasteiger partial charge in [0.2, 0.25) is 6.29 Å². The molecule has 1 spiro atoms. The molecule has 4 fully saturated rings. The quantitative estimate of drug-likeness (QED) is 0.432. The lowest BCUT2D eigenvalue weighted by Gasteiger charge is -2.51. The summed E-state index contributed by atoms with van der Waals surface area (Å²) in [5.41, 5.74) is 0.390. The number of carbonyl (C=O) groups is 1. The summed E-state index contributed by atoms with van der Waals surface area (Å²) in [7, 11) is 3.28. The van der Waals surface area contributed by atoms with Crippen LogP contribution in [0.1, 0.15) is 39.0 Å². The first kappa shape index (κ1) is 17.7. The molecule has 4 aliphatic rings. The highest BCUT2D eigenvalue weighted by molar-refractivity contribution is 5.75. The number of fused-ring (bicyclic) bond motifs is 3. The third-order valence-corrected chi connectivity index (χ3v) is 7.38. The van der Waals surface area contributed by atoms with Gasteiger partial charge in [0.15, 0.2) is 0 Å². The summed E-state index contributed by atoms with van der Waals surface area (Å²) in [5.74, 6) is 0.898. The van der Waals surface area contributed by atoms with E-state index in [1.54, 1.807) is 14.2 Å². The van der Waals surface area contributed by atoms with Crippen LogP contribution in [0.5, 0.6) is 0 Å². The van der Waals surface area contributed by atoms with Crippen molar-refractivity contribution in [2.75, 3.05) is 33.9 Å². The molecule has 2 saturated heterocycles. The molecular weight excluding hydrogens is 322 g/mol. The minimum Gasteiger partial charge on any atom is -0.462 e. The second kappa shape index (κ2) is 6.48. The zero-order valence-electron chi connectivity index (χ0n) is 15.7. The number of quaternary nitrogens is 1. The summed E-state index contributed by atoms with van der Waals surface area (Å²) in [4.78, 5) is 12.5. The highest BCUT2D eigenvalue weighted by Gasteiger charge is 2.65. The molecule has 2 aliphatic heterocycles. The second-order valence-corrected chi connectivity index (χ2v) is 8.76. The van der Waals surface area contributed by atoms with E-state index in [1.807, 2.05) is 0 Å². The van der Waals surface area contributed by atoms with Crippen LogP contribution in [0, 0.1) is 23.2 Å². The summed E-state index contributed by atoms with van der Waals surface area (Å²) < 4.78 is 22.2. The molecule has 6 nitrogen and oxygen atoms in total. The molecule has 6 heteroatoms. The van der Waals surface area contributed by atoms with E-state index in [0.29, 0.717) is 18.4 Å². The summed E-state index contributed by atoms with van der Waals surface area (Å²) in [6.45, 7) is 4.76. The number of rotatable bonds is 6. The first-order valence-electron chi connectivity index (χ1n) is 9.73. The molecule has 142 valence electrons. The molecule has 0 unspecified atom stereocenters. The molecule has 0 aromatic heterocycles. The van der Waals surface area contributed by atoms with Crippen LogP contribution in [0.25, 0.3) is 0 Å². The van der Waals surface area contributed by atoms with E-state index in [4.69, 9.17) is 18.9 Å². The van der Waals surface area contributed by atoms with Crippen LogP contribution < -0.4 is 5.32 Å². The fraction of sp³-hybridized carbons (Fsp3) is 0.947. The van der Waals surface area contributed by atoms with E-state index in [-0.39, 0.29) is 35.3 Å². The molecule has 0 radical (unpaired) electrons. The van der Waals surface area contributed by atoms with Gasteiger partial charge in [0.05, 0.1) is 18.8 Å². The van der Waals surface area contributed by atoms with E-state index in [2.05, 4.69) is 12.2 Å². The van der Waals surface area contributed by atoms with Crippen LogP contribution in [0.4, 0.5) is 0 Å². The van der Waals surface area contributed by atoms with Crippen molar-refractivity contribution >= 4 is 5.97 Å². The number of carbonyl (C=O) groups excluding carboxylic acids is 1. The molecule has 2 saturated carbocycles. The van der Waals surface area contributed by atoms with Crippen molar-refractivity contribution in [1.29, 1.82) is 0 Å². The molecule has 6 atom stereocenters. The third kappa shape index (κ3) is 3.01. The number of epoxide rings is 1. The van der Waals surface area contributed by atoms with Gasteiger partial charge < -0.3 is 24.3 Å². The Morgan fingerprint density at radius 3 is 2.76 bits per heavy atom. The SMILES string of the molecule is COC(C[NH2+]C[C@H]1C(=O)O[C@@H]2C[C@@]3(C)CCC[C@@]4(CO4)[C@@H]3C[C@@H]21)OC. The van der Waals surface area contributed by atoms with Crippen molar-refractivity contribution in [3.63, 3.8) is 0 Å². The summed E-state index contributed by atoms with van der Waals surface area (Å²) in [6, 6.07) is 0. The van der Waals surface area contributed by atoms with Gasteiger partial charge in [0.1, 0.15) is 18.6 Å². The maximum atomic E-state index is 12.5. The van der Waals surface area contributed by atoms with Crippen molar-refractivity contribution in [3.8, 4) is 0 Å². The Bertz CT molecular complexity index is 518. The smallest absolute Gasteiger partial charge is 0.315 e. The van der Waals surface area contributed by atoms with E-state index < -0.39 is 0 Å². The molecule has 2 N–H and O–H groups in total. The lowest BCUT2D eigenvalue weighted by molar-refractivity contribution is -0.671. The average Bonchev–Trinajstić information content (AvgIpc) is 3.28. The van der Waals surface area contributed by atoms with E-state index >= 15 is 0 Å². The number of ether oxygens (including phenoxy) is 4. The summed E-state index contributed by atoms with van der Waals surface area (Å²) in [5, 5.41) is 2.13. The average molecular weight is 354 g/mol. The summed E-state index contributed by atoms with van der Waals surface area (Å²) in [6.07, 6.45) is 5.62. The predicted octanol–water partition coefficient (Wildman–Crippen LogP) is 0.696. The zero-order chi connectivity index (χ0) is 17.7. The van der Waals surface area contributed by atoms with Gasteiger partial charge >= 0.3 is 5.97 Å². The molecule has 0 amide bonds. The highest BCUT2D eigenvalue weighted by Crippen LogP contribution is 2.62. The van der Waals surface area contributed by atoms with Crippen molar-refractivity contribution in [1.82, 2.24) is 0 Å². The Morgan fingerprint density at radius 1 is 1.32 bits per heavy atom. The molecule has 2 aliphatic carbocycles. The van der Waals surface area contributed by atoms with Crippen molar-refractivity contribution in [2.24, 2.45) is 23.2 Å². The van der Waals surface area contributed by atoms with Gasteiger partial charge in [0.25, 0.3) is 0 Å². The van der Waals surface area contributed by atoms with E-state index in [1.165, 1.54) is 19.3 Å². The first-order chi connectivity index (χ1) is 12.0. The van der Waals surface area contributed by atoms with Gasteiger partial charge in [-0.2, -0.15) is 0 Å². The number of hydrogen-bond acceptors (Lipinski definition) is 5. The first-order valence-corrected chi connectivity index (χ1v) is 9.73. The van der Waals surface area contributed by atoms with Gasteiger partial charge in [-0.15, -0.1) is 0 Å². The van der Waals surface area contributed by atoms with Crippen molar-refractivity contribution < 1.29 is 29.1 Å². The molecule has 0 aromatic carbocycles. The molecule has 0 aromatic rings. The number of hydrogen-bond donors (Lipinski definition) is 1. The van der Waals surface area contributed by atoms with Crippen LogP contribution in [0.3, 0.4) is 0 Å². The number of nitrogens with two attached hydrogens (primary N) is 1. The second-order valence-electron chi connectivity index (χ2n) is 8.76. The number of methoxy groups -OCH3 is 2. The summed E-state index contributed by atoms with van der Waals surface area (Å²) >= 11 is 0. The van der Waals surface area contributed by atoms with Crippen LogP contribution in [0.15, 0.2) is 0 Å². The maximum Gasteiger partial charge on any atom is 0.315 e. The van der Waals surface area contributed by atoms with Crippen LogP contribution >= 0.6 is 0 Å². The van der Waals surface area contributed by atoms with Crippen LogP contribution in [-0.4, -0.2) is 57.9 Å². The largest absolute Gasteiger partial charge is 0.462 e. The van der Waals surface area contributed by atoms with Gasteiger partial charge in [-0.3, -0.25) is 4.79 Å². The maximum absolute atomic E-state index is 12.5. The Hall–Kier alpha value is -0.690. The fourth-order valence-corrected chi connectivity index (χ4v) is 5.93. The Kier molecular flexibility index (Phi) is 4.59. The lowest BCUT2D eigenvalue weighted by atomic mass is 9.53. The standard InChI is InChI=1S/C19H31NO5/c1-18-5-4-6-19(11-24-19)15(18)7-12-13(17(21)25-14(12)8-18)9-20-10-16(22-2)23-3/h12-16,20H,4-11H2,1-3H3/p+1/t12-,13-,14-,15-,18-,19-/m1/s1. The minimum atomic E-state index is -0.232. The predicted molar refractivity (Wildman–Crippen MR) is 89.7 cm³/mol. The van der Waals surface area contributed by atoms with Crippen molar-refractivity contribution in [3.05, 3.63) is 0 Å². The number of esters is 1. The molecular formula is C19H32NO5+. The van der Waals surface area contributed by atoms with Crippen LogP contribution in [0.2, 0.25) is 0 Å². The lowest BCUT2D eigenvalue weighted by Crippen LogP contribution is -2.88. The van der Waals surface area contributed by atoms with Gasteiger partial charge in [-0.25, -0.2) is 0 Å². The van der Waals surface area contributed by atoms with Gasteiger partial charge in [0, 0.05) is 20.1 Å². The van der Waals surface area contributed by atoms with E-state index in [9.17, 15) is 4.79 Å². The highest BCUT2D eigenvalue weighted by atomic mass is 16.7. The minimum absolute atomic E-state index is 0.00866. The van der Waals surface area contributed by atoms with Gasteiger partial charge in [-0.05, 0) is 43.4 Å².